The molecular weight excluding hydrogens is 608 g/mol. The molecule has 0 unspecified atom stereocenters. The molecule has 4 aromatic rings. The minimum Gasteiger partial charge on any atom is -0.572 e. The number of benzene rings is 1. The second-order valence-electron chi connectivity index (χ2n) is 6.34. The molecule has 32 heavy (non-hydrogen) atoms. The van der Waals surface area contributed by atoms with Crippen LogP contribution in [0.5, 0.6) is 5.75 Å². The maximum Gasteiger partial charge on any atom is 0.431 e. The zero-order valence-corrected chi connectivity index (χ0v) is 19.6. The van der Waals surface area contributed by atoms with E-state index in [-0.39, 0.29) is 31.6 Å². The molecule has 1 aromatic carbocycles. The van der Waals surface area contributed by atoms with Gasteiger partial charge in [0.05, 0.1) is 6.61 Å². The van der Waals surface area contributed by atoms with E-state index in [1.807, 2.05) is 26.2 Å². The van der Waals surface area contributed by atoms with Gasteiger partial charge >= 0.3 is 6.18 Å². The van der Waals surface area contributed by atoms with Gasteiger partial charge in [0.25, 0.3) is 0 Å². The summed E-state index contributed by atoms with van der Waals surface area (Å²) in [6.07, 6.45) is 0.465. The van der Waals surface area contributed by atoms with Gasteiger partial charge < -0.3 is 19.5 Å². The van der Waals surface area contributed by atoms with Gasteiger partial charge in [0.2, 0.25) is 0 Å². The SMILES string of the molecule is CCOc1cc(F)c[c-]c1-c1ccn(C)n1.Cn1ccnc1-c1cc(C(F)(F)F)n[n-]1.[Ir]. The molecule has 0 spiro atoms. The first-order valence-corrected chi connectivity index (χ1v) is 9.08. The smallest absolute Gasteiger partial charge is 0.431 e. The van der Waals surface area contributed by atoms with Crippen LogP contribution in [-0.2, 0) is 40.4 Å². The third-order valence-electron chi connectivity index (χ3n) is 4.02. The van der Waals surface area contributed by atoms with Crippen LogP contribution in [0.2, 0.25) is 0 Å². The molecule has 3 aromatic heterocycles. The Morgan fingerprint density at radius 3 is 2.47 bits per heavy atom. The van der Waals surface area contributed by atoms with Crippen molar-refractivity contribution in [3.05, 3.63) is 60.4 Å². The van der Waals surface area contributed by atoms with Crippen LogP contribution in [0.3, 0.4) is 0 Å². The van der Waals surface area contributed by atoms with Crippen molar-refractivity contribution in [2.75, 3.05) is 6.61 Å². The molecule has 1 radical (unpaired) electrons. The Balaban J connectivity index is 0.000000220. The van der Waals surface area contributed by atoms with Gasteiger partial charge in [-0.25, -0.2) is 10.1 Å². The number of nitrogens with zero attached hydrogens (tertiary/aromatic N) is 6. The maximum absolute atomic E-state index is 13.1. The fraction of sp³-hybridized carbons (Fsp3) is 0.250. The summed E-state index contributed by atoms with van der Waals surface area (Å²) in [5, 5.41) is 10.7. The summed E-state index contributed by atoms with van der Waals surface area (Å²) in [4.78, 5) is 3.87. The number of halogens is 4. The van der Waals surface area contributed by atoms with Gasteiger partial charge in [0, 0.05) is 70.1 Å². The number of hydrogen-bond acceptors (Lipinski definition) is 4. The van der Waals surface area contributed by atoms with Gasteiger partial charge in [-0.05, 0) is 13.0 Å². The van der Waals surface area contributed by atoms with Gasteiger partial charge in [-0.1, -0.05) is 23.4 Å². The number of alkyl halides is 3. The van der Waals surface area contributed by atoms with Crippen molar-refractivity contribution in [2.24, 2.45) is 14.1 Å². The number of hydrogen-bond donors (Lipinski definition) is 0. The zero-order chi connectivity index (χ0) is 22.6. The predicted molar refractivity (Wildman–Crippen MR) is 103 cm³/mol. The molecule has 0 atom stereocenters. The number of aryl methyl sites for hydroxylation is 2. The average molecular weight is 627 g/mol. The minimum atomic E-state index is -4.46. The number of ether oxygens (including phenoxy) is 1. The number of aromatic nitrogens is 6. The summed E-state index contributed by atoms with van der Waals surface area (Å²) >= 11 is 0. The Kier molecular flexibility index (Phi) is 8.34. The molecule has 12 heteroatoms. The van der Waals surface area contributed by atoms with E-state index in [4.69, 9.17) is 4.74 Å². The molecule has 0 aliphatic heterocycles. The quantitative estimate of drug-likeness (QED) is 0.254. The molecule has 3 heterocycles. The monoisotopic (exact) mass is 627 g/mol. The van der Waals surface area contributed by atoms with Crippen molar-refractivity contribution in [3.63, 3.8) is 0 Å². The molecule has 0 saturated carbocycles. The summed E-state index contributed by atoms with van der Waals surface area (Å²) < 4.78 is 58.3. The van der Waals surface area contributed by atoms with Crippen molar-refractivity contribution in [1.29, 1.82) is 0 Å². The normalized spacial score (nSPS) is 10.8. The van der Waals surface area contributed by atoms with E-state index >= 15 is 0 Å². The summed E-state index contributed by atoms with van der Waals surface area (Å²) in [6, 6.07) is 8.20. The van der Waals surface area contributed by atoms with Crippen LogP contribution in [0.4, 0.5) is 17.6 Å². The largest absolute Gasteiger partial charge is 0.572 e. The number of imidazole rings is 1. The van der Waals surface area contributed by atoms with E-state index < -0.39 is 11.9 Å². The second kappa shape index (κ2) is 10.6. The number of rotatable bonds is 4. The van der Waals surface area contributed by atoms with Crippen LogP contribution in [-0.4, -0.2) is 31.0 Å². The molecule has 4 rings (SSSR count). The van der Waals surface area contributed by atoms with Crippen LogP contribution in [0, 0.1) is 11.9 Å². The van der Waals surface area contributed by atoms with Gasteiger partial charge in [-0.2, -0.15) is 13.2 Å². The molecule has 7 nitrogen and oxygen atoms in total. The van der Waals surface area contributed by atoms with E-state index in [9.17, 15) is 17.6 Å². The Bertz CT molecular complexity index is 1150. The van der Waals surface area contributed by atoms with Crippen LogP contribution in [0.1, 0.15) is 12.6 Å². The van der Waals surface area contributed by atoms with Gasteiger partial charge in [0.15, 0.2) is 0 Å². The Hall–Kier alpha value is -2.98. The van der Waals surface area contributed by atoms with E-state index in [1.54, 1.807) is 22.5 Å². The minimum absolute atomic E-state index is 0. The molecule has 0 aliphatic rings. The average Bonchev–Trinajstić information content (AvgIpc) is 3.43. The van der Waals surface area contributed by atoms with Crippen LogP contribution in [0.15, 0.2) is 42.9 Å². The van der Waals surface area contributed by atoms with Crippen LogP contribution in [0.25, 0.3) is 22.8 Å². The molecule has 0 aliphatic carbocycles. The van der Waals surface area contributed by atoms with Crippen molar-refractivity contribution in [2.45, 2.75) is 13.1 Å². The van der Waals surface area contributed by atoms with Crippen molar-refractivity contribution in [1.82, 2.24) is 29.5 Å². The zero-order valence-electron chi connectivity index (χ0n) is 17.2. The summed E-state index contributed by atoms with van der Waals surface area (Å²) in [7, 11) is 3.50. The summed E-state index contributed by atoms with van der Waals surface area (Å²) in [6.45, 7) is 2.34. The van der Waals surface area contributed by atoms with Gasteiger partial charge in [0.1, 0.15) is 11.5 Å². The molecule has 0 bridgehead atoms. The first-order chi connectivity index (χ1) is 14.7. The first kappa shape index (κ1) is 25.3. The topological polar surface area (TPSA) is 71.9 Å². The molecule has 0 N–H and O–H groups in total. The van der Waals surface area contributed by atoms with E-state index in [2.05, 4.69) is 26.3 Å². The van der Waals surface area contributed by atoms with E-state index in [0.717, 1.165) is 11.8 Å². The molecule has 173 valence electrons. The van der Waals surface area contributed by atoms with E-state index in [1.165, 1.54) is 18.3 Å². The summed E-state index contributed by atoms with van der Waals surface area (Å²) in [5.74, 6) is 0.474. The fourth-order valence-electron chi connectivity index (χ4n) is 2.62. The standard InChI is InChI=1S/C12H12FN2O.C8H6F3N4.Ir/c1-3-16-12-8-9(13)4-5-10(12)11-6-7-15(2)14-11;1-15-3-2-12-7(15)5-4-6(14-13-5)8(9,10)11;/h4,6-8H,3H2,1-2H3;2-4H,1H3;/q2*-1;. The van der Waals surface area contributed by atoms with Crippen LogP contribution >= 0.6 is 0 Å². The third-order valence-corrected chi connectivity index (χ3v) is 4.02. The van der Waals surface area contributed by atoms with Crippen molar-refractivity contribution in [3.8, 4) is 28.5 Å². The van der Waals surface area contributed by atoms with Crippen LogP contribution < -0.4 is 9.84 Å². The first-order valence-electron chi connectivity index (χ1n) is 9.08. The Labute approximate surface area is 194 Å². The van der Waals surface area contributed by atoms with Gasteiger partial charge in [-0.3, -0.25) is 9.07 Å². The molecular formula is C20H18F4IrN6O-2. The molecule has 0 saturated heterocycles. The van der Waals surface area contributed by atoms with Gasteiger partial charge in [-0.15, -0.1) is 12.1 Å². The predicted octanol–water partition coefficient (Wildman–Crippen LogP) is 3.88. The fourth-order valence-corrected chi connectivity index (χ4v) is 2.62. The van der Waals surface area contributed by atoms with Crippen molar-refractivity contribution >= 4 is 0 Å². The maximum atomic E-state index is 13.1. The van der Waals surface area contributed by atoms with Crippen molar-refractivity contribution < 1.29 is 42.4 Å². The Morgan fingerprint density at radius 1 is 1.19 bits per heavy atom. The molecule has 0 amide bonds. The summed E-state index contributed by atoms with van der Waals surface area (Å²) in [5.41, 5.74) is 0.533. The third kappa shape index (κ3) is 6.04. The molecule has 0 fully saturated rings. The van der Waals surface area contributed by atoms with E-state index in [0.29, 0.717) is 23.7 Å². The Morgan fingerprint density at radius 2 is 1.94 bits per heavy atom. The second-order valence-corrected chi connectivity index (χ2v) is 6.34.